The molecule has 2 rings (SSSR count). The van der Waals surface area contributed by atoms with Crippen LogP contribution in [0.5, 0.6) is 0 Å². The van der Waals surface area contributed by atoms with Gasteiger partial charge in [0.05, 0.1) is 4.75 Å². The summed E-state index contributed by atoms with van der Waals surface area (Å²) in [4.78, 5) is 25.8. The number of piperidine rings is 1. The molecular weight excluding hydrogens is 262 g/mol. The second kappa shape index (κ2) is 5.73. The Morgan fingerprint density at radius 2 is 2.21 bits per heavy atom. The number of nitrogens with zero attached hydrogens (tertiary/aromatic N) is 1. The fraction of sp³-hybridized carbons (Fsp3) is 0.857. The number of carbonyl (C=O) groups is 2. The molecule has 0 aliphatic carbocycles. The minimum Gasteiger partial charge on any atom is -0.480 e. The summed E-state index contributed by atoms with van der Waals surface area (Å²) in [6.45, 7) is 4.66. The molecule has 2 saturated heterocycles. The third kappa shape index (κ3) is 2.91. The molecule has 0 spiro atoms. The van der Waals surface area contributed by atoms with Gasteiger partial charge in [0.2, 0.25) is 5.91 Å². The molecule has 2 aliphatic rings. The zero-order valence-electron chi connectivity index (χ0n) is 11.7. The smallest absolute Gasteiger partial charge is 0.326 e. The van der Waals surface area contributed by atoms with E-state index < -0.39 is 16.8 Å². The van der Waals surface area contributed by atoms with Crippen LogP contribution in [0.15, 0.2) is 0 Å². The van der Waals surface area contributed by atoms with Crippen molar-refractivity contribution in [3.63, 3.8) is 0 Å². The Kier molecular flexibility index (Phi) is 4.43. The van der Waals surface area contributed by atoms with Gasteiger partial charge in [-0.05, 0) is 44.3 Å². The predicted molar refractivity (Wildman–Crippen MR) is 76.2 cm³/mol. The van der Waals surface area contributed by atoms with E-state index in [1.54, 1.807) is 16.7 Å². The molecule has 0 radical (unpaired) electrons. The first-order valence-electron chi connectivity index (χ1n) is 7.16. The monoisotopic (exact) mass is 285 g/mol. The summed E-state index contributed by atoms with van der Waals surface area (Å²) in [5.41, 5.74) is 0. The molecule has 1 N–H and O–H groups in total. The summed E-state index contributed by atoms with van der Waals surface area (Å²) in [7, 11) is 0. The van der Waals surface area contributed by atoms with E-state index in [2.05, 4.69) is 6.92 Å². The lowest BCUT2D eigenvalue weighted by Crippen LogP contribution is -2.55. The Balaban J connectivity index is 2.13. The highest BCUT2D eigenvalue weighted by molar-refractivity contribution is 8.01. The largest absolute Gasteiger partial charge is 0.480 e. The average molecular weight is 285 g/mol. The van der Waals surface area contributed by atoms with Crippen molar-refractivity contribution in [1.29, 1.82) is 0 Å². The normalized spacial score (nSPS) is 35.4. The highest BCUT2D eigenvalue weighted by atomic mass is 32.2. The Labute approximate surface area is 118 Å². The number of likely N-dealkylation sites (tertiary alicyclic amines) is 1. The molecule has 3 atom stereocenters. The van der Waals surface area contributed by atoms with E-state index in [9.17, 15) is 14.7 Å². The SMILES string of the molecule is CCC1CCN(C(=O)C2(C)CCCS2)C(C(=O)O)C1. The number of carboxylic acids is 1. The van der Waals surface area contributed by atoms with Gasteiger partial charge < -0.3 is 10.0 Å². The molecule has 5 heteroatoms. The van der Waals surface area contributed by atoms with E-state index in [1.807, 2.05) is 6.92 Å². The van der Waals surface area contributed by atoms with Gasteiger partial charge in [0.15, 0.2) is 0 Å². The number of thioether (sulfide) groups is 1. The Morgan fingerprint density at radius 3 is 2.74 bits per heavy atom. The van der Waals surface area contributed by atoms with E-state index in [-0.39, 0.29) is 5.91 Å². The van der Waals surface area contributed by atoms with Gasteiger partial charge in [-0.2, -0.15) is 0 Å². The fourth-order valence-corrected chi connectivity index (χ4v) is 4.41. The maximum absolute atomic E-state index is 12.7. The molecule has 0 saturated carbocycles. The predicted octanol–water partition coefficient (Wildman–Crippen LogP) is 2.37. The van der Waals surface area contributed by atoms with Crippen LogP contribution in [0.25, 0.3) is 0 Å². The van der Waals surface area contributed by atoms with Gasteiger partial charge in [-0.1, -0.05) is 13.3 Å². The quantitative estimate of drug-likeness (QED) is 0.865. The molecule has 0 bridgehead atoms. The van der Waals surface area contributed by atoms with E-state index in [0.29, 0.717) is 18.9 Å². The van der Waals surface area contributed by atoms with Crippen LogP contribution < -0.4 is 0 Å². The third-order valence-corrected chi connectivity index (χ3v) is 6.01. The van der Waals surface area contributed by atoms with Crippen LogP contribution in [0.4, 0.5) is 0 Å². The summed E-state index contributed by atoms with van der Waals surface area (Å²) >= 11 is 1.68. The standard InChI is InChI=1S/C14H23NO3S/c1-3-10-5-7-15(11(9-10)12(16)17)13(18)14(2)6-4-8-19-14/h10-11H,3-9H2,1-2H3,(H,16,17). The van der Waals surface area contributed by atoms with Gasteiger partial charge in [0.1, 0.15) is 6.04 Å². The summed E-state index contributed by atoms with van der Waals surface area (Å²) in [5, 5.41) is 9.40. The molecule has 3 unspecified atom stereocenters. The van der Waals surface area contributed by atoms with Crippen molar-refractivity contribution in [1.82, 2.24) is 4.90 Å². The number of carboxylic acid groups (broad SMARTS) is 1. The molecule has 19 heavy (non-hydrogen) atoms. The lowest BCUT2D eigenvalue weighted by molar-refractivity contribution is -0.154. The fourth-order valence-electron chi connectivity index (χ4n) is 3.14. The molecule has 2 fully saturated rings. The van der Waals surface area contributed by atoms with E-state index in [0.717, 1.165) is 31.4 Å². The maximum atomic E-state index is 12.7. The number of hydrogen-bond acceptors (Lipinski definition) is 3. The summed E-state index contributed by atoms with van der Waals surface area (Å²) in [6, 6.07) is -0.621. The third-order valence-electron chi connectivity index (χ3n) is 4.51. The molecule has 1 amide bonds. The van der Waals surface area contributed by atoms with Crippen LogP contribution in [0.3, 0.4) is 0 Å². The van der Waals surface area contributed by atoms with Crippen LogP contribution in [0.2, 0.25) is 0 Å². The van der Waals surface area contributed by atoms with Crippen molar-refractivity contribution >= 4 is 23.6 Å². The molecule has 0 aromatic carbocycles. The summed E-state index contributed by atoms with van der Waals surface area (Å²) < 4.78 is -0.396. The molecule has 4 nitrogen and oxygen atoms in total. The van der Waals surface area contributed by atoms with E-state index in [1.165, 1.54) is 0 Å². The zero-order valence-corrected chi connectivity index (χ0v) is 12.5. The number of hydrogen-bond donors (Lipinski definition) is 1. The number of amides is 1. The van der Waals surface area contributed by atoms with Crippen LogP contribution in [-0.4, -0.2) is 45.0 Å². The highest BCUT2D eigenvalue weighted by Crippen LogP contribution is 2.40. The Hall–Kier alpha value is -0.710. The van der Waals surface area contributed by atoms with Gasteiger partial charge in [0.25, 0.3) is 0 Å². The van der Waals surface area contributed by atoms with Crippen molar-refractivity contribution in [2.45, 2.75) is 56.7 Å². The van der Waals surface area contributed by atoms with E-state index in [4.69, 9.17) is 0 Å². The van der Waals surface area contributed by atoms with Crippen molar-refractivity contribution in [2.24, 2.45) is 5.92 Å². The molecule has 2 heterocycles. The molecule has 0 aromatic rings. The molecular formula is C14H23NO3S. The van der Waals surface area contributed by atoms with Crippen LogP contribution >= 0.6 is 11.8 Å². The van der Waals surface area contributed by atoms with Crippen LogP contribution in [-0.2, 0) is 9.59 Å². The Bertz CT molecular complexity index is 366. The minimum atomic E-state index is -0.849. The van der Waals surface area contributed by atoms with Gasteiger partial charge in [0, 0.05) is 6.54 Å². The molecule has 2 aliphatic heterocycles. The van der Waals surface area contributed by atoms with E-state index >= 15 is 0 Å². The lowest BCUT2D eigenvalue weighted by atomic mass is 9.87. The second-order valence-corrected chi connectivity index (χ2v) is 7.43. The minimum absolute atomic E-state index is 0.0388. The first kappa shape index (κ1) is 14.7. The molecule has 108 valence electrons. The number of carbonyl (C=O) groups excluding carboxylic acids is 1. The maximum Gasteiger partial charge on any atom is 0.326 e. The van der Waals surface area contributed by atoms with Gasteiger partial charge in [-0.3, -0.25) is 4.79 Å². The highest BCUT2D eigenvalue weighted by Gasteiger charge is 2.45. The first-order chi connectivity index (χ1) is 8.98. The van der Waals surface area contributed by atoms with Gasteiger partial charge >= 0.3 is 5.97 Å². The zero-order chi connectivity index (χ0) is 14.0. The topological polar surface area (TPSA) is 57.6 Å². The van der Waals surface area contributed by atoms with Crippen molar-refractivity contribution in [2.75, 3.05) is 12.3 Å². The van der Waals surface area contributed by atoms with Crippen LogP contribution in [0.1, 0.15) is 46.0 Å². The first-order valence-corrected chi connectivity index (χ1v) is 8.14. The van der Waals surface area contributed by atoms with Gasteiger partial charge in [-0.25, -0.2) is 4.79 Å². The Morgan fingerprint density at radius 1 is 1.47 bits per heavy atom. The average Bonchev–Trinajstić information content (AvgIpc) is 2.85. The van der Waals surface area contributed by atoms with Crippen molar-refractivity contribution in [3.8, 4) is 0 Å². The number of aliphatic carboxylic acids is 1. The summed E-state index contributed by atoms with van der Waals surface area (Å²) in [5.74, 6) is 0.634. The lowest BCUT2D eigenvalue weighted by Gasteiger charge is -2.40. The van der Waals surface area contributed by atoms with Crippen molar-refractivity contribution in [3.05, 3.63) is 0 Å². The number of rotatable bonds is 3. The molecule has 0 aromatic heterocycles. The van der Waals surface area contributed by atoms with Crippen molar-refractivity contribution < 1.29 is 14.7 Å². The van der Waals surface area contributed by atoms with Gasteiger partial charge in [-0.15, -0.1) is 11.8 Å². The van der Waals surface area contributed by atoms with Crippen LogP contribution in [0, 0.1) is 5.92 Å². The summed E-state index contributed by atoms with van der Waals surface area (Å²) in [6.07, 6.45) is 4.47. The second-order valence-electron chi connectivity index (χ2n) is 5.83.